The fourth-order valence-corrected chi connectivity index (χ4v) is 4.50. The second-order valence-electron chi connectivity index (χ2n) is 8.73. The van der Waals surface area contributed by atoms with Crippen LogP contribution in [-0.4, -0.2) is 72.7 Å². The first-order valence-electron chi connectivity index (χ1n) is 11.8. The van der Waals surface area contributed by atoms with Crippen molar-refractivity contribution in [1.82, 2.24) is 20.3 Å². The van der Waals surface area contributed by atoms with Crippen LogP contribution in [0.1, 0.15) is 18.4 Å². The molecule has 1 aliphatic rings. The van der Waals surface area contributed by atoms with Gasteiger partial charge in [0, 0.05) is 67.0 Å². The lowest BCUT2D eigenvalue weighted by atomic mass is 10.0. The van der Waals surface area contributed by atoms with Gasteiger partial charge in [-0.3, -0.25) is 4.98 Å². The standard InChI is InChI=1S/C26H32ClN5O3/c1-17-24(18-4-8-29-9-5-18)30-25(31-26(17)32(3)21-6-10-34-11-7-21)19-12-20(27)14-23(13-19)35-16-22(33)15-28-2/h4-5,8-9,12-14,21-22,28,33H,6-7,10-11,15-16H2,1-3H3. The molecule has 8 nitrogen and oxygen atoms in total. The molecule has 0 bridgehead atoms. The van der Waals surface area contributed by atoms with E-state index < -0.39 is 6.10 Å². The van der Waals surface area contributed by atoms with Gasteiger partial charge in [-0.05, 0) is 57.1 Å². The number of halogens is 1. The predicted molar refractivity (Wildman–Crippen MR) is 138 cm³/mol. The zero-order valence-electron chi connectivity index (χ0n) is 20.4. The Bertz CT molecular complexity index is 1130. The molecule has 1 aliphatic heterocycles. The van der Waals surface area contributed by atoms with E-state index in [1.165, 1.54) is 0 Å². The van der Waals surface area contributed by atoms with Gasteiger partial charge in [0.15, 0.2) is 5.82 Å². The Balaban J connectivity index is 1.75. The molecule has 3 heterocycles. The molecule has 1 aromatic carbocycles. The van der Waals surface area contributed by atoms with E-state index in [4.69, 9.17) is 31.0 Å². The summed E-state index contributed by atoms with van der Waals surface area (Å²) in [5, 5.41) is 13.5. The summed E-state index contributed by atoms with van der Waals surface area (Å²) < 4.78 is 11.4. The lowest BCUT2D eigenvalue weighted by Crippen LogP contribution is -2.37. The number of anilines is 1. The fraction of sp³-hybridized carbons (Fsp3) is 0.423. The van der Waals surface area contributed by atoms with Crippen LogP contribution in [0.5, 0.6) is 5.75 Å². The van der Waals surface area contributed by atoms with Crippen molar-refractivity contribution in [2.75, 3.05) is 45.4 Å². The van der Waals surface area contributed by atoms with Crippen LogP contribution in [0.25, 0.3) is 22.6 Å². The van der Waals surface area contributed by atoms with Gasteiger partial charge < -0.3 is 24.8 Å². The van der Waals surface area contributed by atoms with Gasteiger partial charge >= 0.3 is 0 Å². The van der Waals surface area contributed by atoms with Crippen LogP contribution in [0.2, 0.25) is 5.02 Å². The molecule has 0 amide bonds. The topological polar surface area (TPSA) is 92.6 Å². The van der Waals surface area contributed by atoms with E-state index >= 15 is 0 Å². The van der Waals surface area contributed by atoms with Crippen LogP contribution in [-0.2, 0) is 4.74 Å². The lowest BCUT2D eigenvalue weighted by molar-refractivity contribution is 0.0853. The lowest BCUT2D eigenvalue weighted by Gasteiger charge is -2.33. The predicted octanol–water partition coefficient (Wildman–Crippen LogP) is 3.74. The third kappa shape index (κ3) is 6.27. The second kappa shape index (κ2) is 11.8. The minimum atomic E-state index is -0.629. The van der Waals surface area contributed by atoms with Crippen LogP contribution in [0.15, 0.2) is 42.7 Å². The van der Waals surface area contributed by atoms with Crippen LogP contribution in [0.4, 0.5) is 5.82 Å². The highest BCUT2D eigenvalue weighted by molar-refractivity contribution is 6.31. The van der Waals surface area contributed by atoms with Crippen LogP contribution < -0.4 is 15.0 Å². The number of aliphatic hydroxyl groups excluding tert-OH is 1. The molecule has 0 spiro atoms. The number of likely N-dealkylation sites (N-methyl/N-ethyl adjacent to an activating group) is 1. The number of hydrogen-bond donors (Lipinski definition) is 2. The molecule has 9 heteroatoms. The Kier molecular flexibility index (Phi) is 8.51. The molecule has 186 valence electrons. The Morgan fingerprint density at radius 2 is 1.91 bits per heavy atom. The summed E-state index contributed by atoms with van der Waals surface area (Å²) in [5.74, 6) is 1.98. The zero-order chi connectivity index (χ0) is 24.8. The molecule has 2 N–H and O–H groups in total. The SMILES string of the molecule is CNCC(O)COc1cc(Cl)cc(-c2nc(-c3ccncc3)c(C)c(N(C)C3CCOCC3)n2)c1. The van der Waals surface area contributed by atoms with E-state index in [1.807, 2.05) is 24.3 Å². The molecule has 1 unspecified atom stereocenters. The number of nitrogens with zero attached hydrogens (tertiary/aromatic N) is 4. The molecule has 35 heavy (non-hydrogen) atoms. The van der Waals surface area contributed by atoms with Crippen molar-refractivity contribution in [1.29, 1.82) is 0 Å². The van der Waals surface area contributed by atoms with Crippen molar-refractivity contribution in [3.63, 3.8) is 0 Å². The monoisotopic (exact) mass is 497 g/mol. The van der Waals surface area contributed by atoms with Crippen molar-refractivity contribution in [3.8, 4) is 28.4 Å². The Morgan fingerprint density at radius 1 is 1.17 bits per heavy atom. The summed E-state index contributed by atoms with van der Waals surface area (Å²) in [6.45, 7) is 4.14. The first kappa shape index (κ1) is 25.3. The van der Waals surface area contributed by atoms with E-state index in [0.717, 1.165) is 54.3 Å². The third-order valence-electron chi connectivity index (χ3n) is 6.16. The molecule has 1 saturated heterocycles. The van der Waals surface area contributed by atoms with Crippen molar-refractivity contribution in [3.05, 3.63) is 53.3 Å². The first-order valence-corrected chi connectivity index (χ1v) is 12.2. The molecule has 0 radical (unpaired) electrons. The van der Waals surface area contributed by atoms with E-state index in [-0.39, 0.29) is 6.61 Å². The quantitative estimate of drug-likeness (QED) is 0.462. The number of aliphatic hydroxyl groups is 1. The number of pyridine rings is 1. The van der Waals surface area contributed by atoms with E-state index in [0.29, 0.717) is 29.2 Å². The summed E-state index contributed by atoms with van der Waals surface area (Å²) in [7, 11) is 3.87. The molecule has 1 atom stereocenters. The van der Waals surface area contributed by atoms with E-state index in [2.05, 4.69) is 29.2 Å². The van der Waals surface area contributed by atoms with Gasteiger partial charge in [-0.25, -0.2) is 9.97 Å². The Morgan fingerprint density at radius 3 is 2.63 bits per heavy atom. The maximum absolute atomic E-state index is 10.0. The summed E-state index contributed by atoms with van der Waals surface area (Å²) in [6, 6.07) is 9.65. The van der Waals surface area contributed by atoms with Gasteiger partial charge in [0.2, 0.25) is 0 Å². The third-order valence-corrected chi connectivity index (χ3v) is 6.38. The molecular weight excluding hydrogens is 466 g/mol. The summed E-state index contributed by atoms with van der Waals surface area (Å²) in [4.78, 5) is 16.3. The number of ether oxygens (including phenoxy) is 2. The molecular formula is C26H32ClN5O3. The fourth-order valence-electron chi connectivity index (χ4n) is 4.28. The molecule has 1 fully saturated rings. The maximum atomic E-state index is 10.0. The number of nitrogens with one attached hydrogen (secondary N) is 1. The normalized spacial score (nSPS) is 15.1. The minimum Gasteiger partial charge on any atom is -0.491 e. The molecule has 4 rings (SSSR count). The second-order valence-corrected chi connectivity index (χ2v) is 9.17. The van der Waals surface area contributed by atoms with Crippen molar-refractivity contribution in [2.24, 2.45) is 0 Å². The molecule has 0 aliphatic carbocycles. The molecule has 0 saturated carbocycles. The highest BCUT2D eigenvalue weighted by Gasteiger charge is 2.24. The highest BCUT2D eigenvalue weighted by atomic mass is 35.5. The summed E-state index contributed by atoms with van der Waals surface area (Å²) in [5.41, 5.74) is 3.56. The molecule has 3 aromatic rings. The van der Waals surface area contributed by atoms with Crippen LogP contribution >= 0.6 is 11.6 Å². The first-order chi connectivity index (χ1) is 17.0. The summed E-state index contributed by atoms with van der Waals surface area (Å²) >= 11 is 6.45. The number of hydrogen-bond acceptors (Lipinski definition) is 8. The summed E-state index contributed by atoms with van der Waals surface area (Å²) in [6.07, 6.45) is 4.80. The van der Waals surface area contributed by atoms with Gasteiger partial charge in [0.1, 0.15) is 24.3 Å². The Labute approximate surface area is 211 Å². The highest BCUT2D eigenvalue weighted by Crippen LogP contribution is 2.34. The minimum absolute atomic E-state index is 0.148. The largest absolute Gasteiger partial charge is 0.491 e. The van der Waals surface area contributed by atoms with E-state index in [9.17, 15) is 5.11 Å². The van der Waals surface area contributed by atoms with Gasteiger partial charge in [0.25, 0.3) is 0 Å². The van der Waals surface area contributed by atoms with Crippen molar-refractivity contribution >= 4 is 17.4 Å². The maximum Gasteiger partial charge on any atom is 0.162 e. The van der Waals surface area contributed by atoms with Crippen molar-refractivity contribution < 1.29 is 14.6 Å². The van der Waals surface area contributed by atoms with Gasteiger partial charge in [-0.2, -0.15) is 0 Å². The van der Waals surface area contributed by atoms with Gasteiger partial charge in [-0.15, -0.1) is 0 Å². The van der Waals surface area contributed by atoms with Crippen LogP contribution in [0.3, 0.4) is 0 Å². The van der Waals surface area contributed by atoms with Crippen LogP contribution in [0, 0.1) is 6.92 Å². The smallest absolute Gasteiger partial charge is 0.162 e. The number of aromatic nitrogens is 3. The van der Waals surface area contributed by atoms with E-state index in [1.54, 1.807) is 25.5 Å². The zero-order valence-corrected chi connectivity index (χ0v) is 21.1. The molecule has 2 aromatic heterocycles. The number of benzene rings is 1. The number of rotatable bonds is 9. The van der Waals surface area contributed by atoms with Gasteiger partial charge in [0.05, 0.1) is 5.69 Å². The Hall–Kier alpha value is -2.78. The van der Waals surface area contributed by atoms with Crippen molar-refractivity contribution in [2.45, 2.75) is 31.9 Å². The average Bonchev–Trinajstić information content (AvgIpc) is 2.88. The van der Waals surface area contributed by atoms with Gasteiger partial charge in [-0.1, -0.05) is 11.6 Å². The average molecular weight is 498 g/mol.